The van der Waals surface area contributed by atoms with Crippen molar-refractivity contribution >= 4 is 29.8 Å². The molecule has 0 aromatic heterocycles. The number of carbonyl (C=O) groups is 3. The molecule has 0 aliphatic carbocycles. The number of hydrogen-bond acceptors (Lipinski definition) is 6. The molecule has 0 aliphatic rings. The Labute approximate surface area is 89.9 Å². The molecule has 0 saturated carbocycles. The fourth-order valence-electron chi connectivity index (χ4n) is 0.675. The Morgan fingerprint density at radius 3 is 2.47 bits per heavy atom. The SMILES string of the molecule is COC(=O)C(CSCC(=O)O)OC(N)=O. The Bertz CT molecular complexity index is 256. The number of carboxylic acid groups (broad SMARTS) is 1. The van der Waals surface area contributed by atoms with Crippen molar-refractivity contribution in [3.05, 3.63) is 0 Å². The molecule has 0 aliphatic heterocycles. The molecule has 0 radical (unpaired) electrons. The van der Waals surface area contributed by atoms with Crippen LogP contribution in [0.25, 0.3) is 0 Å². The average molecular weight is 237 g/mol. The predicted molar refractivity (Wildman–Crippen MR) is 51.4 cm³/mol. The predicted octanol–water partition coefficient (Wildman–Crippen LogP) is -0.559. The summed E-state index contributed by atoms with van der Waals surface area (Å²) in [4.78, 5) is 31.6. The molecule has 3 N–H and O–H groups in total. The Balaban J connectivity index is 4.07. The molecule has 0 aromatic carbocycles. The van der Waals surface area contributed by atoms with Gasteiger partial charge in [-0.25, -0.2) is 9.59 Å². The summed E-state index contributed by atoms with van der Waals surface area (Å²) in [5.41, 5.74) is 4.72. The minimum absolute atomic E-state index is 0.0120. The molecule has 0 bridgehead atoms. The summed E-state index contributed by atoms with van der Waals surface area (Å²) in [5.74, 6) is -2.01. The molecule has 1 atom stereocenters. The third-order valence-corrected chi connectivity index (χ3v) is 2.21. The minimum atomic E-state index is -1.17. The van der Waals surface area contributed by atoms with Crippen LogP contribution in [0.15, 0.2) is 0 Å². The van der Waals surface area contributed by atoms with E-state index < -0.39 is 24.1 Å². The molecule has 1 unspecified atom stereocenters. The molecule has 0 aromatic rings. The Kier molecular flexibility index (Phi) is 6.27. The van der Waals surface area contributed by atoms with E-state index >= 15 is 0 Å². The number of carbonyl (C=O) groups excluding carboxylic acids is 2. The normalized spacial score (nSPS) is 11.5. The summed E-state index contributed by atoms with van der Waals surface area (Å²) in [5, 5.41) is 8.33. The highest BCUT2D eigenvalue weighted by Gasteiger charge is 2.22. The highest BCUT2D eigenvalue weighted by Crippen LogP contribution is 2.07. The number of carboxylic acids is 1. The van der Waals surface area contributed by atoms with Crippen molar-refractivity contribution in [2.45, 2.75) is 6.10 Å². The van der Waals surface area contributed by atoms with Gasteiger partial charge in [0.05, 0.1) is 12.9 Å². The summed E-state index contributed by atoms with van der Waals surface area (Å²) in [6.45, 7) is 0. The third-order valence-electron chi connectivity index (χ3n) is 1.22. The molecular weight excluding hydrogens is 226 g/mol. The fourth-order valence-corrected chi connectivity index (χ4v) is 1.39. The van der Waals surface area contributed by atoms with Gasteiger partial charge >= 0.3 is 18.0 Å². The van der Waals surface area contributed by atoms with Crippen LogP contribution in [0.1, 0.15) is 0 Å². The second-order valence-electron chi connectivity index (χ2n) is 2.36. The maximum Gasteiger partial charge on any atom is 0.405 e. The molecule has 0 spiro atoms. The molecule has 0 heterocycles. The summed E-state index contributed by atoms with van der Waals surface area (Å²) in [6, 6.07) is 0. The first-order valence-electron chi connectivity index (χ1n) is 3.80. The van der Waals surface area contributed by atoms with E-state index in [1.165, 1.54) is 0 Å². The number of rotatable bonds is 6. The average Bonchev–Trinajstić information content (AvgIpc) is 2.14. The number of esters is 1. The monoisotopic (exact) mass is 237 g/mol. The number of methoxy groups -OCH3 is 1. The van der Waals surface area contributed by atoms with Crippen LogP contribution >= 0.6 is 11.8 Å². The maximum absolute atomic E-state index is 11.0. The molecule has 8 heteroatoms. The van der Waals surface area contributed by atoms with E-state index in [0.29, 0.717) is 0 Å². The maximum atomic E-state index is 11.0. The molecule has 0 rings (SSSR count). The fraction of sp³-hybridized carbons (Fsp3) is 0.571. The van der Waals surface area contributed by atoms with Gasteiger partial charge in [0.1, 0.15) is 0 Å². The Morgan fingerprint density at radius 2 is 2.07 bits per heavy atom. The molecule has 0 saturated heterocycles. The van der Waals surface area contributed by atoms with Crippen molar-refractivity contribution in [1.29, 1.82) is 0 Å². The molecule has 1 amide bonds. The van der Waals surface area contributed by atoms with Gasteiger partial charge in [-0.15, -0.1) is 11.8 Å². The zero-order valence-electron chi connectivity index (χ0n) is 7.97. The van der Waals surface area contributed by atoms with E-state index in [4.69, 9.17) is 10.8 Å². The number of aliphatic carboxylic acids is 1. The van der Waals surface area contributed by atoms with Crippen molar-refractivity contribution in [1.82, 2.24) is 0 Å². The van der Waals surface area contributed by atoms with Crippen LogP contribution in [0.2, 0.25) is 0 Å². The molecule has 86 valence electrons. The van der Waals surface area contributed by atoms with Crippen LogP contribution in [-0.4, -0.2) is 47.9 Å². The number of amides is 1. The highest BCUT2D eigenvalue weighted by atomic mass is 32.2. The smallest absolute Gasteiger partial charge is 0.405 e. The van der Waals surface area contributed by atoms with E-state index in [0.717, 1.165) is 18.9 Å². The summed E-state index contributed by atoms with van der Waals surface area (Å²) >= 11 is 0.922. The van der Waals surface area contributed by atoms with Crippen molar-refractivity contribution in [3.8, 4) is 0 Å². The first-order chi connectivity index (χ1) is 6.97. The number of hydrogen-bond donors (Lipinski definition) is 2. The van der Waals surface area contributed by atoms with Gasteiger partial charge < -0.3 is 20.3 Å². The van der Waals surface area contributed by atoms with Gasteiger partial charge in [-0.1, -0.05) is 0 Å². The lowest BCUT2D eigenvalue weighted by Gasteiger charge is -2.12. The summed E-state index contributed by atoms with van der Waals surface area (Å²) < 4.78 is 8.77. The topological polar surface area (TPSA) is 116 Å². The number of ether oxygens (including phenoxy) is 2. The van der Waals surface area contributed by atoms with Crippen LogP contribution in [0.3, 0.4) is 0 Å². The van der Waals surface area contributed by atoms with E-state index in [9.17, 15) is 14.4 Å². The van der Waals surface area contributed by atoms with Gasteiger partial charge in [0.2, 0.25) is 6.10 Å². The van der Waals surface area contributed by atoms with Gasteiger partial charge in [0.25, 0.3) is 0 Å². The Hall–Kier alpha value is -1.44. The number of thioether (sulfide) groups is 1. The lowest BCUT2D eigenvalue weighted by molar-refractivity contribution is -0.149. The summed E-state index contributed by atoms with van der Waals surface area (Å²) in [6.07, 6.45) is -2.28. The first kappa shape index (κ1) is 13.6. The second kappa shape index (κ2) is 6.93. The largest absolute Gasteiger partial charge is 0.481 e. The van der Waals surface area contributed by atoms with Crippen LogP contribution in [0.4, 0.5) is 4.79 Å². The van der Waals surface area contributed by atoms with Gasteiger partial charge in [-0.05, 0) is 0 Å². The zero-order chi connectivity index (χ0) is 11.8. The van der Waals surface area contributed by atoms with Gasteiger partial charge in [-0.2, -0.15) is 0 Å². The number of primary amides is 1. The van der Waals surface area contributed by atoms with Crippen LogP contribution in [0.5, 0.6) is 0 Å². The van der Waals surface area contributed by atoms with Crippen LogP contribution in [-0.2, 0) is 19.1 Å². The third kappa shape index (κ3) is 6.61. The zero-order valence-corrected chi connectivity index (χ0v) is 8.78. The van der Waals surface area contributed by atoms with Gasteiger partial charge in [0, 0.05) is 5.75 Å². The van der Waals surface area contributed by atoms with Crippen molar-refractivity contribution in [2.24, 2.45) is 5.73 Å². The molecule has 15 heavy (non-hydrogen) atoms. The van der Waals surface area contributed by atoms with E-state index in [-0.39, 0.29) is 11.5 Å². The molecule has 0 fully saturated rings. The van der Waals surface area contributed by atoms with E-state index in [1.54, 1.807) is 0 Å². The lowest BCUT2D eigenvalue weighted by Crippen LogP contribution is -2.33. The van der Waals surface area contributed by atoms with E-state index in [1.807, 2.05) is 0 Å². The van der Waals surface area contributed by atoms with E-state index in [2.05, 4.69) is 9.47 Å². The Morgan fingerprint density at radius 1 is 1.47 bits per heavy atom. The van der Waals surface area contributed by atoms with Crippen molar-refractivity contribution in [3.63, 3.8) is 0 Å². The van der Waals surface area contributed by atoms with Gasteiger partial charge in [0.15, 0.2) is 0 Å². The second-order valence-corrected chi connectivity index (χ2v) is 3.39. The summed E-state index contributed by atoms with van der Waals surface area (Å²) in [7, 11) is 1.13. The van der Waals surface area contributed by atoms with Crippen LogP contribution in [0, 0.1) is 0 Å². The number of nitrogens with two attached hydrogens (primary N) is 1. The quantitative estimate of drug-likeness (QED) is 0.595. The standard InChI is InChI=1S/C7H11NO6S/c1-13-6(11)4(14-7(8)12)2-15-3-5(9)10/h4H,2-3H2,1H3,(H2,8,12)(H,9,10). The minimum Gasteiger partial charge on any atom is -0.481 e. The highest BCUT2D eigenvalue weighted by molar-refractivity contribution is 8.00. The lowest BCUT2D eigenvalue weighted by atomic mass is 10.4. The first-order valence-corrected chi connectivity index (χ1v) is 4.96. The van der Waals surface area contributed by atoms with Crippen molar-refractivity contribution < 1.29 is 29.0 Å². The molecular formula is C7H11NO6S. The van der Waals surface area contributed by atoms with Crippen LogP contribution < -0.4 is 5.73 Å². The molecule has 7 nitrogen and oxygen atoms in total. The van der Waals surface area contributed by atoms with Crippen molar-refractivity contribution in [2.75, 3.05) is 18.6 Å². The van der Waals surface area contributed by atoms with Gasteiger partial charge in [-0.3, -0.25) is 4.79 Å².